The molecule has 1 N–H and O–H groups in total. The molecule has 0 aromatic carbocycles. The largest absolute Gasteiger partial charge is 0.393 e. The summed E-state index contributed by atoms with van der Waals surface area (Å²) in [5, 5.41) is 9.00. The van der Waals surface area contributed by atoms with Crippen molar-refractivity contribution in [3.8, 4) is 0 Å². The Balaban J connectivity index is 3.98. The second kappa shape index (κ2) is 4.23. The molecule has 2 heteroatoms. The third-order valence-corrected chi connectivity index (χ3v) is 1.47. The normalized spacial score (nSPS) is 18.2. The Hall–Kier alpha value is -0.630. The van der Waals surface area contributed by atoms with E-state index in [1.807, 2.05) is 6.92 Å². The summed E-state index contributed by atoms with van der Waals surface area (Å²) in [6.45, 7) is 5.31. The molecule has 0 bridgehead atoms. The molecule has 10 heavy (non-hydrogen) atoms. The first kappa shape index (κ1) is 9.37. The lowest BCUT2D eigenvalue weighted by atomic mass is 10.0. The van der Waals surface area contributed by atoms with Gasteiger partial charge in [-0.15, -0.1) is 0 Å². The first-order valence-electron chi connectivity index (χ1n) is 3.39. The van der Waals surface area contributed by atoms with Crippen LogP contribution in [0.25, 0.3) is 0 Å². The van der Waals surface area contributed by atoms with Crippen LogP contribution in [0.2, 0.25) is 0 Å². The Bertz CT molecular complexity index is 136. The third kappa shape index (κ3) is 3.41. The molecule has 0 amide bonds. The molecule has 0 spiro atoms. The number of hydrogen-bond acceptors (Lipinski definition) is 2. The molecule has 0 aromatic rings. The van der Waals surface area contributed by atoms with Crippen LogP contribution in [0.3, 0.4) is 0 Å². The van der Waals surface area contributed by atoms with Crippen molar-refractivity contribution in [1.29, 1.82) is 0 Å². The number of aliphatic hydroxyl groups excluding tert-OH is 1. The average molecular weight is 142 g/mol. The number of allylic oxidation sites excluding steroid dienone is 1. The van der Waals surface area contributed by atoms with Crippen molar-refractivity contribution < 1.29 is 9.90 Å². The van der Waals surface area contributed by atoms with Crippen LogP contribution in [0.15, 0.2) is 11.6 Å². The summed E-state index contributed by atoms with van der Waals surface area (Å²) in [7, 11) is 0. The van der Waals surface area contributed by atoms with E-state index in [1.165, 1.54) is 0 Å². The summed E-state index contributed by atoms with van der Waals surface area (Å²) in [5.74, 6) is 0.0604. The van der Waals surface area contributed by atoms with E-state index in [0.29, 0.717) is 5.57 Å². The van der Waals surface area contributed by atoms with Gasteiger partial charge in [0.05, 0.1) is 6.10 Å². The fourth-order valence-electron chi connectivity index (χ4n) is 0.593. The van der Waals surface area contributed by atoms with E-state index in [-0.39, 0.29) is 12.0 Å². The van der Waals surface area contributed by atoms with Gasteiger partial charge in [0.2, 0.25) is 0 Å². The van der Waals surface area contributed by atoms with Crippen molar-refractivity contribution in [3.63, 3.8) is 0 Å². The number of aldehydes is 1. The fourth-order valence-corrected chi connectivity index (χ4v) is 0.593. The maximum Gasteiger partial charge on any atom is 0.145 e. The van der Waals surface area contributed by atoms with Gasteiger partial charge >= 0.3 is 0 Å². The second-order valence-corrected chi connectivity index (χ2v) is 2.63. The summed E-state index contributed by atoms with van der Waals surface area (Å²) in [5.41, 5.74) is 0.674. The number of carbonyl (C=O) groups excluding carboxylic acids is 1. The van der Waals surface area contributed by atoms with Gasteiger partial charge in [-0.2, -0.15) is 0 Å². The van der Waals surface area contributed by atoms with Crippen LogP contribution >= 0.6 is 0 Å². The van der Waals surface area contributed by atoms with Gasteiger partial charge in [-0.25, -0.2) is 0 Å². The average Bonchev–Trinajstić information content (AvgIpc) is 1.87. The van der Waals surface area contributed by atoms with Crippen LogP contribution in [0.5, 0.6) is 0 Å². The van der Waals surface area contributed by atoms with Crippen molar-refractivity contribution in [2.24, 2.45) is 5.92 Å². The standard InChI is InChI=1S/C8H14O2/c1-6(5-9)4-7(2)8(3)10/h4-5,7-8,10H,1-3H3. The van der Waals surface area contributed by atoms with E-state index < -0.39 is 0 Å². The lowest BCUT2D eigenvalue weighted by Gasteiger charge is -2.08. The highest BCUT2D eigenvalue weighted by Gasteiger charge is 2.04. The van der Waals surface area contributed by atoms with Gasteiger partial charge in [0, 0.05) is 5.92 Å². The summed E-state index contributed by atoms with van der Waals surface area (Å²) < 4.78 is 0. The fraction of sp³-hybridized carbons (Fsp3) is 0.625. The summed E-state index contributed by atoms with van der Waals surface area (Å²) in [4.78, 5) is 10.1. The molecule has 58 valence electrons. The molecule has 2 nitrogen and oxygen atoms in total. The lowest BCUT2D eigenvalue weighted by molar-refractivity contribution is -0.104. The van der Waals surface area contributed by atoms with Gasteiger partial charge in [-0.3, -0.25) is 4.79 Å². The predicted octanol–water partition coefficient (Wildman–Crippen LogP) is 1.15. The summed E-state index contributed by atoms with van der Waals surface area (Å²) >= 11 is 0. The van der Waals surface area contributed by atoms with Crippen molar-refractivity contribution in [3.05, 3.63) is 11.6 Å². The summed E-state index contributed by atoms with van der Waals surface area (Å²) in [6.07, 6.45) is 2.17. The van der Waals surface area contributed by atoms with E-state index in [9.17, 15) is 4.79 Å². The quantitative estimate of drug-likeness (QED) is 0.474. The van der Waals surface area contributed by atoms with Gasteiger partial charge < -0.3 is 5.11 Å². The monoisotopic (exact) mass is 142 g/mol. The maximum atomic E-state index is 10.1. The Morgan fingerprint density at radius 1 is 1.50 bits per heavy atom. The highest BCUT2D eigenvalue weighted by Crippen LogP contribution is 2.05. The molecule has 0 heterocycles. The Kier molecular flexibility index (Phi) is 3.96. The number of rotatable bonds is 3. The van der Waals surface area contributed by atoms with Crippen LogP contribution in [-0.4, -0.2) is 17.5 Å². The number of hydrogen-bond donors (Lipinski definition) is 1. The Labute approximate surface area is 61.6 Å². The van der Waals surface area contributed by atoms with E-state index in [4.69, 9.17) is 5.11 Å². The number of carbonyl (C=O) groups is 1. The van der Waals surface area contributed by atoms with Crippen molar-refractivity contribution >= 4 is 6.29 Å². The van der Waals surface area contributed by atoms with E-state index >= 15 is 0 Å². The molecule has 0 fully saturated rings. The Morgan fingerprint density at radius 3 is 2.30 bits per heavy atom. The van der Waals surface area contributed by atoms with Crippen LogP contribution < -0.4 is 0 Å². The zero-order valence-corrected chi connectivity index (χ0v) is 6.66. The highest BCUT2D eigenvalue weighted by atomic mass is 16.3. The van der Waals surface area contributed by atoms with Gasteiger partial charge in [0.15, 0.2) is 0 Å². The van der Waals surface area contributed by atoms with Crippen LogP contribution in [-0.2, 0) is 4.79 Å². The van der Waals surface area contributed by atoms with Crippen LogP contribution in [0, 0.1) is 5.92 Å². The molecular formula is C8H14O2. The molecule has 0 aliphatic heterocycles. The summed E-state index contributed by atoms with van der Waals surface area (Å²) in [6, 6.07) is 0. The second-order valence-electron chi connectivity index (χ2n) is 2.63. The molecule has 0 aromatic heterocycles. The van der Waals surface area contributed by atoms with E-state index in [1.54, 1.807) is 19.9 Å². The molecule has 0 saturated heterocycles. The van der Waals surface area contributed by atoms with Crippen molar-refractivity contribution in [2.45, 2.75) is 26.9 Å². The molecule has 0 radical (unpaired) electrons. The topological polar surface area (TPSA) is 37.3 Å². The molecule has 0 aliphatic carbocycles. The Morgan fingerprint density at radius 2 is 2.00 bits per heavy atom. The van der Waals surface area contributed by atoms with Gasteiger partial charge in [0.25, 0.3) is 0 Å². The number of aliphatic hydroxyl groups is 1. The molecule has 2 atom stereocenters. The zero-order valence-electron chi connectivity index (χ0n) is 6.66. The molecule has 0 saturated carbocycles. The van der Waals surface area contributed by atoms with Crippen LogP contribution in [0.1, 0.15) is 20.8 Å². The SMILES string of the molecule is CC(C=O)=CC(C)C(C)O. The first-order valence-corrected chi connectivity index (χ1v) is 3.39. The maximum absolute atomic E-state index is 10.1. The lowest BCUT2D eigenvalue weighted by Crippen LogP contribution is -2.10. The molecule has 0 rings (SSSR count). The van der Waals surface area contributed by atoms with E-state index in [2.05, 4.69) is 0 Å². The minimum Gasteiger partial charge on any atom is -0.393 e. The van der Waals surface area contributed by atoms with Gasteiger partial charge in [-0.1, -0.05) is 13.0 Å². The molecular weight excluding hydrogens is 128 g/mol. The van der Waals surface area contributed by atoms with Crippen molar-refractivity contribution in [2.75, 3.05) is 0 Å². The smallest absolute Gasteiger partial charge is 0.145 e. The van der Waals surface area contributed by atoms with Crippen LogP contribution in [0.4, 0.5) is 0 Å². The first-order chi connectivity index (χ1) is 4.57. The van der Waals surface area contributed by atoms with Crippen molar-refractivity contribution in [1.82, 2.24) is 0 Å². The zero-order chi connectivity index (χ0) is 8.15. The third-order valence-electron chi connectivity index (χ3n) is 1.47. The minimum absolute atomic E-state index is 0.0604. The minimum atomic E-state index is -0.380. The van der Waals surface area contributed by atoms with Gasteiger partial charge in [0.1, 0.15) is 6.29 Å². The molecule has 0 aliphatic rings. The van der Waals surface area contributed by atoms with E-state index in [0.717, 1.165) is 6.29 Å². The highest BCUT2D eigenvalue weighted by molar-refractivity contribution is 5.72. The molecule has 2 unspecified atom stereocenters. The van der Waals surface area contributed by atoms with Gasteiger partial charge in [-0.05, 0) is 19.4 Å². The predicted molar refractivity (Wildman–Crippen MR) is 40.7 cm³/mol.